The molecule has 2 heterocycles. The van der Waals surface area contributed by atoms with E-state index in [9.17, 15) is 10.1 Å². The second-order valence-corrected chi connectivity index (χ2v) is 7.57. The minimum absolute atomic E-state index is 0.110. The molecule has 1 amide bonds. The highest BCUT2D eigenvalue weighted by atomic mass is 16.6. The third-order valence-corrected chi connectivity index (χ3v) is 4.50. The van der Waals surface area contributed by atoms with Gasteiger partial charge >= 0.3 is 6.09 Å². The Kier molecular flexibility index (Phi) is 4.92. The molecule has 26 heavy (non-hydrogen) atoms. The molecular weight excluding hydrogens is 332 g/mol. The van der Waals surface area contributed by atoms with Gasteiger partial charge in [-0.1, -0.05) is 6.08 Å². The molecule has 1 aromatic rings. The summed E-state index contributed by atoms with van der Waals surface area (Å²) in [7, 11) is 1.60. The van der Waals surface area contributed by atoms with E-state index in [0.717, 1.165) is 11.1 Å². The second kappa shape index (κ2) is 7.00. The van der Waals surface area contributed by atoms with E-state index in [4.69, 9.17) is 14.2 Å². The van der Waals surface area contributed by atoms with Crippen LogP contribution in [0.5, 0.6) is 5.75 Å². The molecule has 0 N–H and O–H groups in total. The van der Waals surface area contributed by atoms with Gasteiger partial charge in [0.05, 0.1) is 44.0 Å². The zero-order valence-corrected chi connectivity index (χ0v) is 15.6. The van der Waals surface area contributed by atoms with Crippen LogP contribution in [0, 0.1) is 11.3 Å². The van der Waals surface area contributed by atoms with Crippen molar-refractivity contribution < 1.29 is 19.0 Å². The number of carbonyl (C=O) groups is 1. The number of rotatable bonds is 2. The molecule has 138 valence electrons. The number of benzene rings is 1. The van der Waals surface area contributed by atoms with Crippen LogP contribution >= 0.6 is 0 Å². The van der Waals surface area contributed by atoms with E-state index in [1.807, 2.05) is 32.9 Å². The lowest BCUT2D eigenvalue weighted by Gasteiger charge is -2.44. The zero-order valence-electron chi connectivity index (χ0n) is 15.6. The molecule has 1 fully saturated rings. The van der Waals surface area contributed by atoms with Crippen molar-refractivity contribution in [1.29, 1.82) is 5.26 Å². The molecule has 6 heteroatoms. The number of hydrogen-bond donors (Lipinski definition) is 0. The number of nitrogens with zero attached hydrogens (tertiary/aromatic N) is 2. The average Bonchev–Trinajstić information content (AvgIpc) is 2.58. The van der Waals surface area contributed by atoms with Crippen molar-refractivity contribution in [2.45, 2.75) is 44.9 Å². The van der Waals surface area contributed by atoms with Crippen molar-refractivity contribution in [2.24, 2.45) is 0 Å². The van der Waals surface area contributed by atoms with Crippen molar-refractivity contribution in [3.8, 4) is 11.8 Å². The summed E-state index contributed by atoms with van der Waals surface area (Å²) in [5.74, 6) is 0.705. The Balaban J connectivity index is 1.94. The summed E-state index contributed by atoms with van der Waals surface area (Å²) in [4.78, 5) is 14.4. The number of ether oxygens (including phenoxy) is 3. The molecule has 2 aliphatic rings. The summed E-state index contributed by atoms with van der Waals surface area (Å²) < 4.78 is 16.5. The Hall–Kier alpha value is -2.52. The van der Waals surface area contributed by atoms with Crippen molar-refractivity contribution in [3.05, 3.63) is 35.4 Å². The number of nitriles is 1. The van der Waals surface area contributed by atoms with Crippen molar-refractivity contribution in [2.75, 3.05) is 20.3 Å². The van der Waals surface area contributed by atoms with Crippen LogP contribution in [0.1, 0.15) is 38.3 Å². The van der Waals surface area contributed by atoms with Crippen LogP contribution < -0.4 is 4.74 Å². The number of fused-ring (bicyclic) bond motifs is 2. The molecule has 2 atom stereocenters. The number of carbonyl (C=O) groups excluding carboxylic acids is 1. The van der Waals surface area contributed by atoms with E-state index in [1.165, 1.54) is 0 Å². The van der Waals surface area contributed by atoms with Gasteiger partial charge in [0, 0.05) is 0 Å². The standard InChI is InChI=1S/C20H24N2O4/c1-20(2,3)26-19(23)22-15-7-14(8-16(22)12-25-11-15)18-9-17(24-4)6-5-13(18)10-21/h5-7,9,15-16H,8,11-12H2,1-4H3. The first-order valence-corrected chi connectivity index (χ1v) is 8.70. The lowest BCUT2D eigenvalue weighted by atomic mass is 9.88. The molecule has 0 radical (unpaired) electrons. The van der Waals surface area contributed by atoms with Crippen molar-refractivity contribution in [1.82, 2.24) is 4.90 Å². The monoisotopic (exact) mass is 356 g/mol. The first-order valence-electron chi connectivity index (χ1n) is 8.70. The molecule has 6 nitrogen and oxygen atoms in total. The van der Waals surface area contributed by atoms with Crippen LogP contribution in [0.25, 0.3) is 5.57 Å². The third-order valence-electron chi connectivity index (χ3n) is 4.50. The van der Waals surface area contributed by atoms with Gasteiger partial charge in [-0.2, -0.15) is 5.26 Å². The smallest absolute Gasteiger partial charge is 0.411 e. The van der Waals surface area contributed by atoms with Gasteiger partial charge in [-0.05, 0) is 56.5 Å². The number of methoxy groups -OCH3 is 1. The van der Waals surface area contributed by atoms with Gasteiger partial charge in [0.15, 0.2) is 0 Å². The van der Waals surface area contributed by atoms with Gasteiger partial charge in [0.1, 0.15) is 11.4 Å². The molecule has 0 aliphatic carbocycles. The maximum atomic E-state index is 12.6. The van der Waals surface area contributed by atoms with Gasteiger partial charge in [-0.15, -0.1) is 0 Å². The SMILES string of the molecule is COc1ccc(C#N)c(C2=CC3COCC(C2)N3C(=O)OC(C)(C)C)c1. The predicted octanol–water partition coefficient (Wildman–Crippen LogP) is 3.36. The maximum absolute atomic E-state index is 12.6. The first-order chi connectivity index (χ1) is 12.3. The predicted molar refractivity (Wildman–Crippen MR) is 96.8 cm³/mol. The molecule has 3 rings (SSSR count). The Morgan fingerprint density at radius 3 is 2.73 bits per heavy atom. The van der Waals surface area contributed by atoms with E-state index in [2.05, 4.69) is 6.07 Å². The number of hydrogen-bond acceptors (Lipinski definition) is 5. The fraction of sp³-hybridized carbons (Fsp3) is 0.500. The Bertz CT molecular complexity index is 773. The number of morpholine rings is 1. The highest BCUT2D eigenvalue weighted by Crippen LogP contribution is 2.36. The van der Waals surface area contributed by atoms with Gasteiger partial charge in [0.2, 0.25) is 0 Å². The lowest BCUT2D eigenvalue weighted by Crippen LogP contribution is -2.57. The Morgan fingerprint density at radius 2 is 2.12 bits per heavy atom. The molecule has 0 spiro atoms. The van der Waals surface area contributed by atoms with Crippen LogP contribution in [0.3, 0.4) is 0 Å². The Morgan fingerprint density at radius 1 is 1.35 bits per heavy atom. The summed E-state index contributed by atoms with van der Waals surface area (Å²) in [5.41, 5.74) is 1.95. The summed E-state index contributed by atoms with van der Waals surface area (Å²) in [6.07, 6.45) is 2.30. The summed E-state index contributed by atoms with van der Waals surface area (Å²) in [6.45, 7) is 6.46. The fourth-order valence-corrected chi connectivity index (χ4v) is 3.41. The van der Waals surface area contributed by atoms with E-state index < -0.39 is 5.60 Å². The normalized spacial score (nSPS) is 22.3. The summed E-state index contributed by atoms with van der Waals surface area (Å²) >= 11 is 0. The summed E-state index contributed by atoms with van der Waals surface area (Å²) in [6, 6.07) is 7.35. The largest absolute Gasteiger partial charge is 0.497 e. The van der Waals surface area contributed by atoms with Gasteiger partial charge in [-0.3, -0.25) is 4.90 Å². The molecular formula is C20H24N2O4. The van der Waals surface area contributed by atoms with E-state index in [0.29, 0.717) is 30.9 Å². The maximum Gasteiger partial charge on any atom is 0.411 e. The van der Waals surface area contributed by atoms with Crippen LogP contribution in [-0.4, -0.2) is 49.0 Å². The van der Waals surface area contributed by atoms with Gasteiger partial charge in [-0.25, -0.2) is 4.79 Å². The molecule has 0 saturated carbocycles. The highest BCUT2D eigenvalue weighted by molar-refractivity contribution is 5.77. The van der Waals surface area contributed by atoms with Crippen LogP contribution in [-0.2, 0) is 9.47 Å². The Labute approximate surface area is 153 Å². The van der Waals surface area contributed by atoms with Crippen molar-refractivity contribution in [3.63, 3.8) is 0 Å². The number of amides is 1. The molecule has 1 saturated heterocycles. The van der Waals surface area contributed by atoms with Gasteiger partial charge in [0.25, 0.3) is 0 Å². The van der Waals surface area contributed by atoms with Crippen LogP contribution in [0.4, 0.5) is 4.79 Å². The molecule has 2 bridgehead atoms. The molecule has 2 unspecified atom stereocenters. The summed E-state index contributed by atoms with van der Waals surface area (Å²) in [5, 5.41) is 9.46. The molecule has 1 aromatic carbocycles. The lowest BCUT2D eigenvalue weighted by molar-refractivity contribution is -0.0510. The van der Waals surface area contributed by atoms with E-state index >= 15 is 0 Å². The molecule has 0 aromatic heterocycles. The quantitative estimate of drug-likeness (QED) is 0.812. The third kappa shape index (κ3) is 3.68. The minimum atomic E-state index is -0.545. The van der Waals surface area contributed by atoms with Crippen LogP contribution in [0.2, 0.25) is 0 Å². The minimum Gasteiger partial charge on any atom is -0.497 e. The zero-order chi connectivity index (χ0) is 18.9. The van der Waals surface area contributed by atoms with Gasteiger partial charge < -0.3 is 14.2 Å². The molecule has 2 aliphatic heterocycles. The topological polar surface area (TPSA) is 71.8 Å². The van der Waals surface area contributed by atoms with E-state index in [1.54, 1.807) is 24.1 Å². The van der Waals surface area contributed by atoms with Crippen molar-refractivity contribution >= 4 is 11.7 Å². The van der Waals surface area contributed by atoms with Crippen LogP contribution in [0.15, 0.2) is 24.3 Å². The second-order valence-electron chi connectivity index (χ2n) is 7.57. The first kappa shape index (κ1) is 18.3. The highest BCUT2D eigenvalue weighted by Gasteiger charge is 2.40. The fourth-order valence-electron chi connectivity index (χ4n) is 3.41. The average molecular weight is 356 g/mol. The van der Waals surface area contributed by atoms with E-state index in [-0.39, 0.29) is 18.2 Å².